The van der Waals surface area contributed by atoms with Crippen molar-refractivity contribution in [2.45, 2.75) is 44.6 Å². The molecule has 1 N–H and O–H groups in total. The van der Waals surface area contributed by atoms with Crippen molar-refractivity contribution in [2.75, 3.05) is 24.5 Å². The van der Waals surface area contributed by atoms with Gasteiger partial charge in [-0.15, -0.1) is 0 Å². The van der Waals surface area contributed by atoms with Gasteiger partial charge in [-0.1, -0.05) is 19.3 Å². The van der Waals surface area contributed by atoms with Crippen LogP contribution < -0.4 is 10.2 Å². The van der Waals surface area contributed by atoms with Gasteiger partial charge >= 0.3 is 0 Å². The van der Waals surface area contributed by atoms with Gasteiger partial charge in [0.05, 0.1) is 0 Å². The number of nitrogens with zero attached hydrogens (tertiary/aromatic N) is 3. The first-order chi connectivity index (χ1) is 9.33. The van der Waals surface area contributed by atoms with Crippen molar-refractivity contribution < 1.29 is 0 Å². The molecule has 2 fully saturated rings. The molecule has 4 nitrogen and oxygen atoms in total. The molecular weight excluding hydrogens is 236 g/mol. The Kier molecular flexibility index (Phi) is 4.06. The highest BCUT2D eigenvalue weighted by molar-refractivity contribution is 5.37. The van der Waals surface area contributed by atoms with Gasteiger partial charge in [-0.3, -0.25) is 4.68 Å². The summed E-state index contributed by atoms with van der Waals surface area (Å²) in [5.41, 5.74) is 0. The predicted octanol–water partition coefficient (Wildman–Crippen LogP) is 2.17. The minimum Gasteiger partial charge on any atom is -0.354 e. The first-order valence-corrected chi connectivity index (χ1v) is 7.81. The lowest BCUT2D eigenvalue weighted by Gasteiger charge is -2.32. The average Bonchev–Trinajstić information content (AvgIpc) is 2.74. The van der Waals surface area contributed by atoms with Crippen molar-refractivity contribution in [3.05, 3.63) is 12.3 Å². The van der Waals surface area contributed by atoms with E-state index in [0.29, 0.717) is 6.04 Å². The van der Waals surface area contributed by atoms with Crippen LogP contribution in [0.2, 0.25) is 0 Å². The van der Waals surface area contributed by atoms with Crippen molar-refractivity contribution in [3.8, 4) is 0 Å². The van der Waals surface area contributed by atoms with Gasteiger partial charge in [0, 0.05) is 38.4 Å². The summed E-state index contributed by atoms with van der Waals surface area (Å²) in [5, 5.41) is 8.35. The topological polar surface area (TPSA) is 33.1 Å². The standard InChI is InChI=1S/C15H26N4/c1-18-11-8-15(17-18)19-10-5-9-16-14(12-19)13-6-3-2-4-7-13/h8,11,13-14,16H,2-7,9-10,12H2,1H3. The number of anilines is 1. The molecule has 1 aliphatic heterocycles. The average molecular weight is 262 g/mol. The van der Waals surface area contributed by atoms with Crippen LogP contribution in [0, 0.1) is 5.92 Å². The Balaban J connectivity index is 1.68. The zero-order valence-corrected chi connectivity index (χ0v) is 12.0. The van der Waals surface area contributed by atoms with E-state index in [2.05, 4.69) is 21.4 Å². The smallest absolute Gasteiger partial charge is 0.150 e. The lowest BCUT2D eigenvalue weighted by Crippen LogP contribution is -2.43. The molecule has 2 heterocycles. The number of nitrogens with one attached hydrogen (secondary N) is 1. The summed E-state index contributed by atoms with van der Waals surface area (Å²) in [7, 11) is 2.00. The monoisotopic (exact) mass is 262 g/mol. The number of hydrogen-bond donors (Lipinski definition) is 1. The van der Waals surface area contributed by atoms with Gasteiger partial charge in [-0.25, -0.2) is 0 Å². The van der Waals surface area contributed by atoms with Crippen molar-refractivity contribution in [1.82, 2.24) is 15.1 Å². The van der Waals surface area contributed by atoms with Crippen LogP contribution in [0.1, 0.15) is 38.5 Å². The van der Waals surface area contributed by atoms with Crippen LogP contribution in [-0.4, -0.2) is 35.5 Å². The number of rotatable bonds is 2. The molecule has 1 saturated carbocycles. The summed E-state index contributed by atoms with van der Waals surface area (Å²) in [6.45, 7) is 3.42. The third kappa shape index (κ3) is 3.11. The van der Waals surface area contributed by atoms with E-state index in [-0.39, 0.29) is 0 Å². The molecule has 19 heavy (non-hydrogen) atoms. The Morgan fingerprint density at radius 2 is 2.05 bits per heavy atom. The quantitative estimate of drug-likeness (QED) is 0.886. The zero-order valence-electron chi connectivity index (χ0n) is 12.0. The summed E-state index contributed by atoms with van der Waals surface area (Å²) in [5.74, 6) is 2.02. The van der Waals surface area contributed by atoms with Crippen LogP contribution in [-0.2, 0) is 7.05 Å². The molecule has 0 radical (unpaired) electrons. The maximum Gasteiger partial charge on any atom is 0.150 e. The number of hydrogen-bond acceptors (Lipinski definition) is 3. The van der Waals surface area contributed by atoms with Gasteiger partial charge in [0.1, 0.15) is 0 Å². The molecule has 0 aromatic carbocycles. The van der Waals surface area contributed by atoms with Crippen molar-refractivity contribution in [1.29, 1.82) is 0 Å². The van der Waals surface area contributed by atoms with Crippen LogP contribution in [0.3, 0.4) is 0 Å². The summed E-state index contributed by atoms with van der Waals surface area (Å²) >= 11 is 0. The second kappa shape index (κ2) is 5.95. The van der Waals surface area contributed by atoms with E-state index >= 15 is 0 Å². The molecule has 0 amide bonds. The first kappa shape index (κ1) is 13.0. The van der Waals surface area contributed by atoms with Gasteiger partial charge in [-0.2, -0.15) is 5.10 Å². The highest BCUT2D eigenvalue weighted by atomic mass is 15.3. The van der Waals surface area contributed by atoms with Gasteiger partial charge < -0.3 is 10.2 Å². The molecule has 0 bridgehead atoms. The molecule has 3 rings (SSSR count). The van der Waals surface area contributed by atoms with Crippen molar-refractivity contribution >= 4 is 5.82 Å². The molecule has 1 atom stereocenters. The van der Waals surface area contributed by atoms with E-state index in [9.17, 15) is 0 Å². The molecule has 4 heteroatoms. The minimum absolute atomic E-state index is 0.657. The van der Waals surface area contributed by atoms with Crippen LogP contribution in [0.4, 0.5) is 5.82 Å². The SMILES string of the molecule is Cn1ccc(N2CCCNC(C3CCCCC3)C2)n1. The molecule has 1 aliphatic carbocycles. The van der Waals surface area contributed by atoms with Crippen molar-refractivity contribution in [3.63, 3.8) is 0 Å². The van der Waals surface area contributed by atoms with Crippen LogP contribution in [0.15, 0.2) is 12.3 Å². The molecule has 106 valence electrons. The second-order valence-corrected chi connectivity index (χ2v) is 6.11. The van der Waals surface area contributed by atoms with Gasteiger partial charge in [-0.05, 0) is 31.7 Å². The summed E-state index contributed by atoms with van der Waals surface area (Å²) in [6, 6.07) is 2.80. The van der Waals surface area contributed by atoms with E-state index in [1.54, 1.807) is 0 Å². The van der Waals surface area contributed by atoms with Crippen molar-refractivity contribution in [2.24, 2.45) is 13.0 Å². The molecule has 1 aromatic rings. The van der Waals surface area contributed by atoms with Crippen LogP contribution in [0.25, 0.3) is 0 Å². The fraction of sp³-hybridized carbons (Fsp3) is 0.800. The van der Waals surface area contributed by atoms with E-state index in [1.807, 2.05) is 17.9 Å². The fourth-order valence-corrected chi connectivity index (χ4v) is 3.58. The third-order valence-electron chi connectivity index (χ3n) is 4.67. The molecule has 0 spiro atoms. The largest absolute Gasteiger partial charge is 0.354 e. The normalized spacial score (nSPS) is 26.4. The van der Waals surface area contributed by atoms with Crippen LogP contribution in [0.5, 0.6) is 0 Å². The van der Waals surface area contributed by atoms with Gasteiger partial charge in [0.2, 0.25) is 0 Å². The molecule has 2 aliphatic rings. The number of aromatic nitrogens is 2. The summed E-state index contributed by atoms with van der Waals surface area (Å²) < 4.78 is 1.91. The van der Waals surface area contributed by atoms with E-state index < -0.39 is 0 Å². The second-order valence-electron chi connectivity index (χ2n) is 6.11. The van der Waals surface area contributed by atoms with E-state index in [1.165, 1.54) is 38.5 Å². The Morgan fingerprint density at radius 1 is 1.21 bits per heavy atom. The molecule has 1 aromatic heterocycles. The zero-order chi connectivity index (χ0) is 13.1. The molecule has 1 unspecified atom stereocenters. The maximum atomic E-state index is 4.57. The van der Waals surface area contributed by atoms with E-state index in [4.69, 9.17) is 0 Å². The Labute approximate surface area is 116 Å². The highest BCUT2D eigenvalue weighted by Crippen LogP contribution is 2.28. The van der Waals surface area contributed by atoms with E-state index in [0.717, 1.165) is 31.4 Å². The highest BCUT2D eigenvalue weighted by Gasteiger charge is 2.27. The Hall–Kier alpha value is -1.03. The minimum atomic E-state index is 0.657. The maximum absolute atomic E-state index is 4.57. The summed E-state index contributed by atoms with van der Waals surface area (Å²) in [4.78, 5) is 2.47. The van der Waals surface area contributed by atoms with Gasteiger partial charge in [0.15, 0.2) is 5.82 Å². The summed E-state index contributed by atoms with van der Waals surface area (Å²) in [6.07, 6.45) is 10.4. The number of aryl methyl sites for hydroxylation is 1. The third-order valence-corrected chi connectivity index (χ3v) is 4.67. The molecule has 1 saturated heterocycles. The fourth-order valence-electron chi connectivity index (χ4n) is 3.58. The molecular formula is C15H26N4. The van der Waals surface area contributed by atoms with Gasteiger partial charge in [0.25, 0.3) is 0 Å². The predicted molar refractivity (Wildman–Crippen MR) is 78.4 cm³/mol. The Morgan fingerprint density at radius 3 is 2.79 bits per heavy atom. The lowest BCUT2D eigenvalue weighted by atomic mass is 9.83. The first-order valence-electron chi connectivity index (χ1n) is 7.81. The lowest BCUT2D eigenvalue weighted by molar-refractivity contribution is 0.277. The Bertz CT molecular complexity index is 395. The van der Waals surface area contributed by atoms with Crippen LogP contribution >= 0.6 is 0 Å².